The Labute approximate surface area is 448 Å². The van der Waals surface area contributed by atoms with Gasteiger partial charge in [-0.25, -0.2) is 0 Å². The zero-order valence-corrected chi connectivity index (χ0v) is 47.7. The molecule has 0 aliphatic carbocycles. The Morgan fingerprint density at radius 2 is 0.625 bits per heavy atom. The monoisotopic (exact) mass is 998 g/mol. The van der Waals surface area contributed by atoms with Crippen LogP contribution in [0.4, 0.5) is 0 Å². The van der Waals surface area contributed by atoms with Crippen LogP contribution in [0, 0.1) is 0 Å². The highest BCUT2D eigenvalue weighted by molar-refractivity contribution is 5.76. The first kappa shape index (κ1) is 69.0. The number of nitrogens with one attached hydrogen (secondary N) is 1. The minimum absolute atomic E-state index is 0.0776. The van der Waals surface area contributed by atoms with Crippen molar-refractivity contribution in [2.45, 2.75) is 309 Å². The summed E-state index contributed by atoms with van der Waals surface area (Å²) in [4.78, 5) is 12.5. The molecule has 72 heavy (non-hydrogen) atoms. The lowest BCUT2D eigenvalue weighted by Gasteiger charge is -2.19. The lowest BCUT2D eigenvalue weighted by Crippen LogP contribution is -2.45. The summed E-state index contributed by atoms with van der Waals surface area (Å²) >= 11 is 0. The van der Waals surface area contributed by atoms with Crippen LogP contribution >= 0.6 is 0 Å². The maximum Gasteiger partial charge on any atom is 0.220 e. The molecule has 4 nitrogen and oxygen atoms in total. The summed E-state index contributed by atoms with van der Waals surface area (Å²) in [5.74, 6) is -0.0776. The topological polar surface area (TPSA) is 69.6 Å². The van der Waals surface area contributed by atoms with E-state index >= 15 is 0 Å². The van der Waals surface area contributed by atoms with Crippen LogP contribution in [0.3, 0.4) is 0 Å². The summed E-state index contributed by atoms with van der Waals surface area (Å²) < 4.78 is 0. The number of hydrogen-bond acceptors (Lipinski definition) is 3. The van der Waals surface area contributed by atoms with Gasteiger partial charge in [-0.05, 0) is 96.3 Å². The Morgan fingerprint density at radius 1 is 0.347 bits per heavy atom. The van der Waals surface area contributed by atoms with Crippen molar-refractivity contribution < 1.29 is 15.0 Å². The van der Waals surface area contributed by atoms with E-state index in [1.165, 1.54) is 199 Å². The van der Waals surface area contributed by atoms with Crippen molar-refractivity contribution in [2.75, 3.05) is 6.61 Å². The molecule has 0 bridgehead atoms. The molecular weight excluding hydrogens is 879 g/mol. The molecular formula is C68H119NO3. The van der Waals surface area contributed by atoms with Crippen molar-refractivity contribution in [1.29, 1.82) is 0 Å². The minimum atomic E-state index is -0.876. The Balaban J connectivity index is 3.54. The molecule has 0 rings (SSSR count). The van der Waals surface area contributed by atoms with Crippen LogP contribution in [0.2, 0.25) is 0 Å². The Hall–Kier alpha value is -2.95. The SMILES string of the molecule is CC/C=C\C/C=C\C/C=C\C/C=C\C/C=C\C/C=C\CCCCCCCCCCCCCCCCCCCCC(=O)NC(CO)C(O)/C=C/CC/C=C/CC/C=C/CCCCCCCCCCCCCCC. The van der Waals surface area contributed by atoms with Gasteiger partial charge in [0.05, 0.1) is 18.8 Å². The van der Waals surface area contributed by atoms with Gasteiger partial charge in [-0.2, -0.15) is 0 Å². The summed E-state index contributed by atoms with van der Waals surface area (Å²) in [7, 11) is 0. The van der Waals surface area contributed by atoms with Gasteiger partial charge in [-0.3, -0.25) is 4.79 Å². The van der Waals surface area contributed by atoms with Crippen LogP contribution in [0.5, 0.6) is 0 Å². The van der Waals surface area contributed by atoms with E-state index in [0.717, 1.165) is 77.0 Å². The number of unbranched alkanes of at least 4 members (excludes halogenated alkanes) is 33. The molecule has 0 fully saturated rings. The van der Waals surface area contributed by atoms with E-state index in [1.807, 2.05) is 6.08 Å². The average molecular weight is 999 g/mol. The molecule has 0 heterocycles. The van der Waals surface area contributed by atoms with Crippen molar-refractivity contribution in [3.8, 4) is 0 Å². The number of carbonyl (C=O) groups is 1. The molecule has 0 aromatic rings. The predicted molar refractivity (Wildman–Crippen MR) is 322 cm³/mol. The summed E-state index contributed by atoms with van der Waals surface area (Å²) in [6.45, 7) is 4.19. The van der Waals surface area contributed by atoms with Crippen LogP contribution in [0.15, 0.2) is 109 Å². The number of hydrogen-bond donors (Lipinski definition) is 3. The standard InChI is InChI=1S/C68H119NO3/c1-3-5-7-9-11-13-15-17-19-21-23-25-27-28-29-30-31-32-33-34-35-36-37-38-39-40-42-44-46-48-50-52-54-56-58-60-62-64-68(72)69-66(65-70)67(71)63-61-59-57-55-53-51-49-47-45-43-41-26-24-22-20-18-16-14-12-10-8-6-4-2/h5,7,11,13,17,19,23,25,28-29,31-32,45,47,53,55,61,63,66-67,70-71H,3-4,6,8-10,12,14-16,18,20-22,24,26-27,30,33-44,46,48-52,54,56-60,62,64-65H2,1-2H3,(H,69,72)/b7-5-,13-11-,19-17-,25-23-,29-28-,32-31-,47-45+,55-53+,63-61+. The van der Waals surface area contributed by atoms with Crippen molar-refractivity contribution in [2.24, 2.45) is 0 Å². The van der Waals surface area contributed by atoms with Crippen molar-refractivity contribution in [3.05, 3.63) is 109 Å². The van der Waals surface area contributed by atoms with Gasteiger partial charge in [0.15, 0.2) is 0 Å². The molecule has 0 aliphatic rings. The summed E-state index contributed by atoms with van der Waals surface area (Å²) in [6.07, 6.45) is 94.2. The second-order valence-corrected chi connectivity index (χ2v) is 20.7. The first-order valence-corrected chi connectivity index (χ1v) is 31.1. The highest BCUT2D eigenvalue weighted by atomic mass is 16.3. The molecule has 414 valence electrons. The molecule has 3 N–H and O–H groups in total. The third-order valence-corrected chi connectivity index (χ3v) is 13.7. The number of allylic oxidation sites excluding steroid dienone is 17. The summed E-state index contributed by atoms with van der Waals surface area (Å²) in [5, 5.41) is 23.2. The normalized spacial score (nSPS) is 13.6. The zero-order chi connectivity index (χ0) is 52.0. The maximum atomic E-state index is 12.5. The Morgan fingerprint density at radius 3 is 0.972 bits per heavy atom. The lowest BCUT2D eigenvalue weighted by molar-refractivity contribution is -0.123. The molecule has 0 aromatic heterocycles. The van der Waals surface area contributed by atoms with Crippen molar-refractivity contribution in [1.82, 2.24) is 5.32 Å². The van der Waals surface area contributed by atoms with E-state index in [1.54, 1.807) is 6.08 Å². The van der Waals surface area contributed by atoms with Gasteiger partial charge in [0.1, 0.15) is 0 Å². The minimum Gasteiger partial charge on any atom is -0.394 e. The smallest absolute Gasteiger partial charge is 0.220 e. The first-order valence-electron chi connectivity index (χ1n) is 31.1. The van der Waals surface area contributed by atoms with Gasteiger partial charge in [-0.15, -0.1) is 0 Å². The highest BCUT2D eigenvalue weighted by Gasteiger charge is 2.18. The second-order valence-electron chi connectivity index (χ2n) is 20.7. The van der Waals surface area contributed by atoms with E-state index in [0.29, 0.717) is 6.42 Å². The van der Waals surface area contributed by atoms with E-state index in [4.69, 9.17) is 0 Å². The number of carbonyl (C=O) groups excluding carboxylic acids is 1. The number of aliphatic hydroxyl groups excluding tert-OH is 2. The number of aliphatic hydroxyl groups is 2. The molecule has 4 heteroatoms. The number of amides is 1. The van der Waals surface area contributed by atoms with Gasteiger partial charge >= 0.3 is 0 Å². The third kappa shape index (κ3) is 57.9. The fourth-order valence-corrected chi connectivity index (χ4v) is 9.04. The Bertz CT molecular complexity index is 1360. The predicted octanol–water partition coefficient (Wildman–Crippen LogP) is 21.0. The van der Waals surface area contributed by atoms with E-state index in [2.05, 4.69) is 116 Å². The Kier molecular flexibility index (Phi) is 59.8. The van der Waals surface area contributed by atoms with Gasteiger partial charge in [-0.1, -0.05) is 303 Å². The van der Waals surface area contributed by atoms with Crippen LogP contribution in [0.1, 0.15) is 296 Å². The van der Waals surface area contributed by atoms with Gasteiger partial charge in [0.2, 0.25) is 5.91 Å². The molecule has 0 radical (unpaired) electrons. The average Bonchev–Trinajstić information content (AvgIpc) is 3.39. The molecule has 0 saturated heterocycles. The zero-order valence-electron chi connectivity index (χ0n) is 47.7. The fourth-order valence-electron chi connectivity index (χ4n) is 9.04. The molecule has 0 aromatic carbocycles. The van der Waals surface area contributed by atoms with E-state index in [9.17, 15) is 15.0 Å². The molecule has 2 unspecified atom stereocenters. The molecule has 1 amide bonds. The molecule has 0 saturated carbocycles. The maximum absolute atomic E-state index is 12.5. The third-order valence-electron chi connectivity index (χ3n) is 13.7. The van der Waals surface area contributed by atoms with Gasteiger partial charge in [0, 0.05) is 6.42 Å². The van der Waals surface area contributed by atoms with Crippen molar-refractivity contribution in [3.63, 3.8) is 0 Å². The van der Waals surface area contributed by atoms with E-state index in [-0.39, 0.29) is 12.5 Å². The van der Waals surface area contributed by atoms with Crippen LogP contribution in [0.25, 0.3) is 0 Å². The summed E-state index contributed by atoms with van der Waals surface area (Å²) in [6, 6.07) is -0.651. The van der Waals surface area contributed by atoms with E-state index < -0.39 is 12.1 Å². The largest absolute Gasteiger partial charge is 0.394 e. The first-order chi connectivity index (χ1) is 35.7. The van der Waals surface area contributed by atoms with Gasteiger partial charge < -0.3 is 15.5 Å². The van der Waals surface area contributed by atoms with Crippen LogP contribution in [-0.4, -0.2) is 34.9 Å². The fraction of sp³-hybridized carbons (Fsp3) is 0.721. The molecule has 2 atom stereocenters. The number of rotatable bonds is 56. The van der Waals surface area contributed by atoms with Gasteiger partial charge in [0.25, 0.3) is 0 Å². The van der Waals surface area contributed by atoms with Crippen LogP contribution < -0.4 is 5.32 Å². The molecule has 0 spiro atoms. The highest BCUT2D eigenvalue weighted by Crippen LogP contribution is 2.16. The quantitative estimate of drug-likeness (QED) is 0.0420. The second kappa shape index (κ2) is 62.3. The lowest BCUT2D eigenvalue weighted by atomic mass is 10.0. The molecule has 0 aliphatic heterocycles. The summed E-state index contributed by atoms with van der Waals surface area (Å²) in [5.41, 5.74) is 0. The van der Waals surface area contributed by atoms with Crippen molar-refractivity contribution >= 4 is 5.91 Å². The van der Waals surface area contributed by atoms with Crippen LogP contribution in [-0.2, 0) is 4.79 Å².